The second-order valence-corrected chi connectivity index (χ2v) is 3.60. The number of carbonyl (C=O) groups excluding carboxylic acids is 1. The SMILES string of the molecule is Cn1cnnc1CN1CC(N)CC1=O. The second-order valence-electron chi connectivity index (χ2n) is 3.60. The third-order valence-electron chi connectivity index (χ3n) is 2.38. The normalized spacial score (nSPS) is 22.0. The van der Waals surface area contributed by atoms with Crippen molar-refractivity contribution in [3.63, 3.8) is 0 Å². The van der Waals surface area contributed by atoms with Gasteiger partial charge in [0.1, 0.15) is 6.33 Å². The van der Waals surface area contributed by atoms with Crippen LogP contribution in [0.25, 0.3) is 0 Å². The number of nitrogens with zero attached hydrogens (tertiary/aromatic N) is 4. The molecule has 1 aromatic heterocycles. The molecule has 14 heavy (non-hydrogen) atoms. The third-order valence-corrected chi connectivity index (χ3v) is 2.38. The van der Waals surface area contributed by atoms with E-state index in [0.29, 0.717) is 19.5 Å². The van der Waals surface area contributed by atoms with E-state index in [1.807, 2.05) is 7.05 Å². The maximum atomic E-state index is 11.4. The molecular weight excluding hydrogens is 182 g/mol. The van der Waals surface area contributed by atoms with Crippen LogP contribution in [-0.2, 0) is 18.4 Å². The minimum atomic E-state index is -0.0317. The fourth-order valence-electron chi connectivity index (χ4n) is 1.58. The number of aryl methyl sites for hydroxylation is 1. The van der Waals surface area contributed by atoms with Crippen LogP contribution in [0.5, 0.6) is 0 Å². The summed E-state index contributed by atoms with van der Waals surface area (Å²) in [5.74, 6) is 0.882. The van der Waals surface area contributed by atoms with Crippen LogP contribution in [0.2, 0.25) is 0 Å². The van der Waals surface area contributed by atoms with Gasteiger partial charge in [0.05, 0.1) is 6.54 Å². The van der Waals surface area contributed by atoms with Crippen molar-refractivity contribution < 1.29 is 4.79 Å². The third kappa shape index (κ3) is 1.60. The van der Waals surface area contributed by atoms with Crippen LogP contribution >= 0.6 is 0 Å². The quantitative estimate of drug-likeness (QED) is 0.648. The molecule has 1 aromatic rings. The lowest BCUT2D eigenvalue weighted by Crippen LogP contribution is -2.28. The molecule has 0 bridgehead atoms. The van der Waals surface area contributed by atoms with Crippen molar-refractivity contribution in [2.45, 2.75) is 19.0 Å². The average Bonchev–Trinajstić information content (AvgIpc) is 2.62. The van der Waals surface area contributed by atoms with Crippen molar-refractivity contribution in [2.24, 2.45) is 12.8 Å². The zero-order valence-corrected chi connectivity index (χ0v) is 8.05. The van der Waals surface area contributed by atoms with E-state index in [1.54, 1.807) is 15.8 Å². The first-order valence-corrected chi connectivity index (χ1v) is 4.53. The van der Waals surface area contributed by atoms with E-state index in [1.165, 1.54) is 0 Å². The molecular formula is C8H13N5O. The first kappa shape index (κ1) is 9.14. The average molecular weight is 195 g/mol. The number of aromatic nitrogens is 3. The van der Waals surface area contributed by atoms with Crippen LogP contribution in [0.4, 0.5) is 0 Å². The monoisotopic (exact) mass is 195 g/mol. The zero-order valence-electron chi connectivity index (χ0n) is 8.05. The molecule has 1 fully saturated rings. The Bertz CT molecular complexity index is 347. The maximum absolute atomic E-state index is 11.4. The van der Waals surface area contributed by atoms with E-state index >= 15 is 0 Å². The lowest BCUT2D eigenvalue weighted by atomic mass is 10.3. The molecule has 6 nitrogen and oxygen atoms in total. The summed E-state index contributed by atoms with van der Waals surface area (Å²) in [6.45, 7) is 1.12. The molecule has 0 saturated carbocycles. The summed E-state index contributed by atoms with van der Waals surface area (Å²) in [6, 6.07) is -0.0317. The molecule has 1 saturated heterocycles. The topological polar surface area (TPSA) is 77.0 Å². The highest BCUT2D eigenvalue weighted by Crippen LogP contribution is 2.11. The molecule has 2 rings (SSSR count). The van der Waals surface area contributed by atoms with E-state index < -0.39 is 0 Å². The molecule has 1 unspecified atom stereocenters. The smallest absolute Gasteiger partial charge is 0.224 e. The molecule has 0 radical (unpaired) electrons. The van der Waals surface area contributed by atoms with Crippen molar-refractivity contribution in [3.05, 3.63) is 12.2 Å². The van der Waals surface area contributed by atoms with Crippen molar-refractivity contribution in [1.82, 2.24) is 19.7 Å². The number of hydrogen-bond donors (Lipinski definition) is 1. The zero-order chi connectivity index (χ0) is 10.1. The summed E-state index contributed by atoms with van der Waals surface area (Å²) < 4.78 is 1.80. The maximum Gasteiger partial charge on any atom is 0.224 e. The lowest BCUT2D eigenvalue weighted by Gasteiger charge is -2.14. The van der Waals surface area contributed by atoms with Crippen molar-refractivity contribution in [1.29, 1.82) is 0 Å². The standard InChI is InChI=1S/C8H13N5O/c1-12-5-10-11-7(12)4-13-3-6(9)2-8(13)14/h5-6H,2-4,9H2,1H3. The summed E-state index contributed by atoms with van der Waals surface area (Å²) in [5.41, 5.74) is 5.68. The molecule has 1 aliphatic heterocycles. The van der Waals surface area contributed by atoms with E-state index in [4.69, 9.17) is 5.73 Å². The number of rotatable bonds is 2. The Hall–Kier alpha value is -1.43. The van der Waals surface area contributed by atoms with Gasteiger partial charge in [0.15, 0.2) is 5.82 Å². The predicted molar refractivity (Wildman–Crippen MR) is 49.0 cm³/mol. The van der Waals surface area contributed by atoms with Gasteiger partial charge in [-0.2, -0.15) is 0 Å². The highest BCUT2D eigenvalue weighted by atomic mass is 16.2. The van der Waals surface area contributed by atoms with Gasteiger partial charge in [-0.3, -0.25) is 4.79 Å². The van der Waals surface area contributed by atoms with Gasteiger partial charge in [0, 0.05) is 26.1 Å². The van der Waals surface area contributed by atoms with Gasteiger partial charge >= 0.3 is 0 Å². The molecule has 0 aromatic carbocycles. The van der Waals surface area contributed by atoms with Crippen LogP contribution in [0.3, 0.4) is 0 Å². The van der Waals surface area contributed by atoms with E-state index in [0.717, 1.165) is 5.82 Å². The minimum absolute atomic E-state index is 0.0317. The first-order valence-electron chi connectivity index (χ1n) is 4.53. The van der Waals surface area contributed by atoms with Gasteiger partial charge in [-0.15, -0.1) is 10.2 Å². The van der Waals surface area contributed by atoms with Crippen molar-refractivity contribution in [3.8, 4) is 0 Å². The molecule has 1 amide bonds. The van der Waals surface area contributed by atoms with E-state index in [2.05, 4.69) is 10.2 Å². The van der Waals surface area contributed by atoms with Crippen LogP contribution < -0.4 is 5.73 Å². The number of likely N-dealkylation sites (tertiary alicyclic amines) is 1. The second kappa shape index (κ2) is 3.38. The fraction of sp³-hybridized carbons (Fsp3) is 0.625. The molecule has 1 atom stereocenters. The Kier molecular flexibility index (Phi) is 2.20. The predicted octanol–water partition coefficient (Wildman–Crippen LogP) is -1.13. The minimum Gasteiger partial charge on any atom is -0.334 e. The van der Waals surface area contributed by atoms with Gasteiger partial charge < -0.3 is 15.2 Å². The van der Waals surface area contributed by atoms with E-state index in [-0.39, 0.29) is 11.9 Å². The van der Waals surface area contributed by atoms with Crippen LogP contribution in [0.15, 0.2) is 6.33 Å². The van der Waals surface area contributed by atoms with Gasteiger partial charge in [-0.05, 0) is 0 Å². The fourth-order valence-corrected chi connectivity index (χ4v) is 1.58. The molecule has 0 aliphatic carbocycles. The Morgan fingerprint density at radius 2 is 2.50 bits per heavy atom. The number of carbonyl (C=O) groups is 1. The highest BCUT2D eigenvalue weighted by molar-refractivity contribution is 5.79. The van der Waals surface area contributed by atoms with Crippen LogP contribution in [0.1, 0.15) is 12.2 Å². The molecule has 6 heteroatoms. The molecule has 1 aliphatic rings. The van der Waals surface area contributed by atoms with Crippen LogP contribution in [-0.4, -0.2) is 38.2 Å². The first-order chi connectivity index (χ1) is 6.66. The summed E-state index contributed by atoms with van der Waals surface area (Å²) >= 11 is 0. The van der Waals surface area contributed by atoms with Gasteiger partial charge in [-0.25, -0.2) is 0 Å². The highest BCUT2D eigenvalue weighted by Gasteiger charge is 2.27. The van der Waals surface area contributed by atoms with Crippen molar-refractivity contribution in [2.75, 3.05) is 6.54 Å². The summed E-state index contributed by atoms with van der Waals surface area (Å²) in [4.78, 5) is 13.1. The molecule has 76 valence electrons. The van der Waals surface area contributed by atoms with Gasteiger partial charge in [0.2, 0.25) is 5.91 Å². The van der Waals surface area contributed by atoms with Crippen LogP contribution in [0, 0.1) is 0 Å². The largest absolute Gasteiger partial charge is 0.334 e. The Morgan fingerprint density at radius 3 is 3.00 bits per heavy atom. The molecule has 2 heterocycles. The lowest BCUT2D eigenvalue weighted by molar-refractivity contribution is -0.128. The number of hydrogen-bond acceptors (Lipinski definition) is 4. The summed E-state index contributed by atoms with van der Waals surface area (Å²) in [7, 11) is 1.86. The van der Waals surface area contributed by atoms with Gasteiger partial charge in [-0.1, -0.05) is 0 Å². The summed E-state index contributed by atoms with van der Waals surface area (Å²) in [5, 5.41) is 7.67. The number of nitrogens with two attached hydrogens (primary N) is 1. The summed E-state index contributed by atoms with van der Waals surface area (Å²) in [6.07, 6.45) is 2.06. The van der Waals surface area contributed by atoms with Gasteiger partial charge in [0.25, 0.3) is 0 Å². The molecule has 2 N–H and O–H groups in total. The Balaban J connectivity index is 2.05. The molecule has 0 spiro atoms. The Morgan fingerprint density at radius 1 is 1.71 bits per heavy atom. The number of amides is 1. The Labute approximate surface area is 81.7 Å². The van der Waals surface area contributed by atoms with Crippen molar-refractivity contribution >= 4 is 5.91 Å². The van der Waals surface area contributed by atoms with E-state index in [9.17, 15) is 4.79 Å².